The van der Waals surface area contributed by atoms with Crippen LogP contribution >= 0.6 is 0 Å². The third-order valence-electron chi connectivity index (χ3n) is 3.10. The molecule has 1 aliphatic rings. The summed E-state index contributed by atoms with van der Waals surface area (Å²) in [6, 6.07) is 0.916. The Bertz CT molecular complexity index is 168. The molecule has 90 valence electrons. The van der Waals surface area contributed by atoms with Crippen molar-refractivity contribution < 1.29 is 0 Å². The minimum atomic E-state index is 0.466. The molecule has 15 heavy (non-hydrogen) atoms. The number of nitrogens with one attached hydrogen (secondary N) is 1. The fraction of sp³-hybridized carbons (Fsp3) is 1.00. The Hall–Kier alpha value is -0.0800. The highest BCUT2D eigenvalue weighted by Gasteiger charge is 2.26. The van der Waals surface area contributed by atoms with Gasteiger partial charge in [0.25, 0.3) is 0 Å². The van der Waals surface area contributed by atoms with Gasteiger partial charge < -0.3 is 5.32 Å². The molecule has 0 spiro atoms. The van der Waals surface area contributed by atoms with Gasteiger partial charge in [-0.2, -0.15) is 0 Å². The topological polar surface area (TPSA) is 15.3 Å². The molecule has 0 bridgehead atoms. The molecule has 1 rings (SSSR count). The molecule has 1 aliphatic carbocycles. The summed E-state index contributed by atoms with van der Waals surface area (Å²) in [7, 11) is 0. The van der Waals surface area contributed by atoms with Crippen LogP contribution in [-0.2, 0) is 0 Å². The summed E-state index contributed by atoms with van der Waals surface area (Å²) in [6.07, 6.45) is 4.12. The molecule has 0 radical (unpaired) electrons. The second-order valence-electron chi connectivity index (χ2n) is 5.92. The van der Waals surface area contributed by atoms with E-state index < -0.39 is 0 Å². The van der Waals surface area contributed by atoms with E-state index in [1.54, 1.807) is 0 Å². The van der Waals surface area contributed by atoms with Gasteiger partial charge in [0.2, 0.25) is 0 Å². The summed E-state index contributed by atoms with van der Waals surface area (Å²) in [5.41, 5.74) is 0.466. The molecule has 0 saturated heterocycles. The van der Waals surface area contributed by atoms with Crippen molar-refractivity contribution in [1.29, 1.82) is 0 Å². The zero-order valence-corrected chi connectivity index (χ0v) is 11.0. The first-order valence-corrected chi connectivity index (χ1v) is 6.47. The fourth-order valence-electron chi connectivity index (χ4n) is 1.85. The van der Waals surface area contributed by atoms with E-state index in [-0.39, 0.29) is 0 Å². The molecule has 2 heteroatoms. The molecule has 0 aromatic rings. The van der Waals surface area contributed by atoms with Crippen molar-refractivity contribution in [2.24, 2.45) is 5.41 Å². The molecule has 1 N–H and O–H groups in total. The van der Waals surface area contributed by atoms with Crippen LogP contribution in [0.5, 0.6) is 0 Å². The molecule has 0 aliphatic heterocycles. The van der Waals surface area contributed by atoms with Crippen LogP contribution in [0.1, 0.15) is 47.0 Å². The van der Waals surface area contributed by atoms with E-state index in [4.69, 9.17) is 0 Å². The van der Waals surface area contributed by atoms with Gasteiger partial charge in [-0.15, -0.1) is 0 Å². The molecule has 1 saturated carbocycles. The summed E-state index contributed by atoms with van der Waals surface area (Å²) in [6.45, 7) is 13.9. The monoisotopic (exact) mass is 212 g/mol. The summed E-state index contributed by atoms with van der Waals surface area (Å²) < 4.78 is 0. The standard InChI is InChI=1S/C13H28N2/c1-5-15(12-6-7-12)11-10-14-9-8-13(2,3)4/h12,14H,5-11H2,1-4H3. The van der Waals surface area contributed by atoms with Gasteiger partial charge >= 0.3 is 0 Å². The lowest BCUT2D eigenvalue weighted by molar-refractivity contribution is 0.273. The molecule has 1 fully saturated rings. The van der Waals surface area contributed by atoms with Crippen molar-refractivity contribution in [2.75, 3.05) is 26.2 Å². The van der Waals surface area contributed by atoms with Gasteiger partial charge in [0.05, 0.1) is 0 Å². The Kier molecular flexibility index (Phi) is 5.07. The number of hydrogen-bond donors (Lipinski definition) is 1. The predicted molar refractivity (Wildman–Crippen MR) is 67.2 cm³/mol. The maximum Gasteiger partial charge on any atom is 0.0110 e. The Morgan fingerprint density at radius 3 is 2.33 bits per heavy atom. The number of nitrogens with zero attached hydrogens (tertiary/aromatic N) is 1. The smallest absolute Gasteiger partial charge is 0.0110 e. The normalized spacial score (nSPS) is 17.4. The number of hydrogen-bond acceptors (Lipinski definition) is 2. The van der Waals surface area contributed by atoms with Gasteiger partial charge in [-0.3, -0.25) is 4.90 Å². The first kappa shape index (κ1) is 13.0. The molecule has 0 heterocycles. The fourth-order valence-corrected chi connectivity index (χ4v) is 1.85. The van der Waals surface area contributed by atoms with Gasteiger partial charge in [-0.25, -0.2) is 0 Å². The van der Waals surface area contributed by atoms with Crippen molar-refractivity contribution in [2.45, 2.75) is 53.0 Å². The van der Waals surface area contributed by atoms with Gasteiger partial charge in [0, 0.05) is 19.1 Å². The first-order chi connectivity index (χ1) is 7.03. The highest BCUT2D eigenvalue weighted by Crippen LogP contribution is 2.25. The lowest BCUT2D eigenvalue weighted by Gasteiger charge is -2.21. The summed E-state index contributed by atoms with van der Waals surface area (Å²) in [5.74, 6) is 0. The van der Waals surface area contributed by atoms with Crippen LogP contribution in [0.3, 0.4) is 0 Å². The van der Waals surface area contributed by atoms with E-state index in [9.17, 15) is 0 Å². The van der Waals surface area contributed by atoms with Gasteiger partial charge in [-0.1, -0.05) is 27.7 Å². The minimum absolute atomic E-state index is 0.466. The largest absolute Gasteiger partial charge is 0.315 e. The van der Waals surface area contributed by atoms with Crippen LogP contribution in [0.15, 0.2) is 0 Å². The van der Waals surface area contributed by atoms with Gasteiger partial charge in [0.15, 0.2) is 0 Å². The number of rotatable bonds is 7. The zero-order valence-electron chi connectivity index (χ0n) is 11.0. The van der Waals surface area contributed by atoms with E-state index >= 15 is 0 Å². The van der Waals surface area contributed by atoms with Crippen molar-refractivity contribution in [3.05, 3.63) is 0 Å². The molecule has 0 amide bonds. The van der Waals surface area contributed by atoms with E-state index in [0.717, 1.165) is 19.1 Å². The molecular weight excluding hydrogens is 184 g/mol. The highest BCUT2D eigenvalue weighted by atomic mass is 15.2. The highest BCUT2D eigenvalue weighted by molar-refractivity contribution is 4.83. The lowest BCUT2D eigenvalue weighted by atomic mass is 9.92. The summed E-state index contributed by atoms with van der Waals surface area (Å²) in [5, 5.41) is 3.55. The lowest BCUT2D eigenvalue weighted by Crippen LogP contribution is -2.34. The average molecular weight is 212 g/mol. The predicted octanol–water partition coefficient (Wildman–Crippen LogP) is 2.50. The minimum Gasteiger partial charge on any atom is -0.315 e. The van der Waals surface area contributed by atoms with Crippen LogP contribution in [0, 0.1) is 5.41 Å². The Morgan fingerprint density at radius 1 is 1.20 bits per heavy atom. The molecular formula is C13H28N2. The molecule has 0 aromatic carbocycles. The Balaban J connectivity index is 1.96. The third-order valence-corrected chi connectivity index (χ3v) is 3.10. The Morgan fingerprint density at radius 2 is 1.87 bits per heavy atom. The zero-order chi connectivity index (χ0) is 11.3. The molecule has 2 nitrogen and oxygen atoms in total. The maximum atomic E-state index is 3.55. The number of likely N-dealkylation sites (N-methyl/N-ethyl adjacent to an activating group) is 1. The summed E-state index contributed by atoms with van der Waals surface area (Å²) in [4.78, 5) is 2.60. The molecule has 0 unspecified atom stereocenters. The van der Waals surface area contributed by atoms with E-state index in [1.165, 1.54) is 32.4 Å². The van der Waals surface area contributed by atoms with Crippen LogP contribution < -0.4 is 5.32 Å². The van der Waals surface area contributed by atoms with Crippen LogP contribution in [0.2, 0.25) is 0 Å². The van der Waals surface area contributed by atoms with Gasteiger partial charge in [0.1, 0.15) is 0 Å². The quantitative estimate of drug-likeness (QED) is 0.652. The maximum absolute atomic E-state index is 3.55. The summed E-state index contributed by atoms with van der Waals surface area (Å²) >= 11 is 0. The van der Waals surface area contributed by atoms with E-state index in [1.807, 2.05) is 0 Å². The second kappa shape index (κ2) is 5.86. The van der Waals surface area contributed by atoms with Crippen molar-refractivity contribution in [3.63, 3.8) is 0 Å². The van der Waals surface area contributed by atoms with Crippen molar-refractivity contribution in [1.82, 2.24) is 10.2 Å². The molecule has 0 aromatic heterocycles. The van der Waals surface area contributed by atoms with E-state index in [0.29, 0.717) is 5.41 Å². The first-order valence-electron chi connectivity index (χ1n) is 6.47. The SMILES string of the molecule is CCN(CCNCCC(C)(C)C)C1CC1. The third kappa shape index (κ3) is 6.16. The average Bonchev–Trinajstić information content (AvgIpc) is 2.92. The van der Waals surface area contributed by atoms with Crippen LogP contribution in [0.25, 0.3) is 0 Å². The second-order valence-corrected chi connectivity index (χ2v) is 5.92. The van der Waals surface area contributed by atoms with Crippen LogP contribution in [-0.4, -0.2) is 37.1 Å². The van der Waals surface area contributed by atoms with Crippen LogP contribution in [0.4, 0.5) is 0 Å². The van der Waals surface area contributed by atoms with Gasteiger partial charge in [-0.05, 0) is 37.8 Å². The Labute approximate surface area is 95.4 Å². The van der Waals surface area contributed by atoms with E-state index in [2.05, 4.69) is 37.9 Å². The molecule has 0 atom stereocenters. The van der Waals surface area contributed by atoms with Crippen molar-refractivity contribution >= 4 is 0 Å². The van der Waals surface area contributed by atoms with Crippen molar-refractivity contribution in [3.8, 4) is 0 Å².